The molecule has 0 atom stereocenters. The average Bonchev–Trinajstić information content (AvgIpc) is 2.74. The smallest absolute Gasteiger partial charge is 0.288 e. The molecular weight excluding hydrogens is 408 g/mol. The molecule has 0 spiro atoms. The Morgan fingerprint density at radius 1 is 0.800 bits per heavy atom. The first-order valence-electron chi connectivity index (χ1n) is 9.05. The summed E-state index contributed by atoms with van der Waals surface area (Å²) in [6, 6.07) is 22.1. The van der Waals surface area contributed by atoms with Gasteiger partial charge in [-0.25, -0.2) is 0 Å². The molecule has 0 saturated carbocycles. The standard InChI is InChI=1S/C22H19F2N3O2S/c23-22(24)30-17-12-10-15(11-13-17)25-14-20(28)27-19-9-5-4-8-18(19)21(29)26-16-6-2-1-3-7-16/h1-13,22,25H,14H2,(H,26,29)(H,27,28). The second-order valence-corrected chi connectivity index (χ2v) is 7.23. The van der Waals surface area contributed by atoms with Gasteiger partial charge in [0.1, 0.15) is 0 Å². The number of amides is 2. The van der Waals surface area contributed by atoms with Gasteiger partial charge >= 0.3 is 0 Å². The van der Waals surface area contributed by atoms with Crippen LogP contribution >= 0.6 is 11.8 Å². The van der Waals surface area contributed by atoms with E-state index in [1.165, 1.54) is 0 Å². The van der Waals surface area contributed by atoms with Crippen molar-refractivity contribution in [3.8, 4) is 0 Å². The lowest BCUT2D eigenvalue weighted by molar-refractivity contribution is -0.114. The number of carbonyl (C=O) groups excluding carboxylic acids is 2. The topological polar surface area (TPSA) is 70.2 Å². The molecule has 0 unspecified atom stereocenters. The van der Waals surface area contributed by atoms with E-state index < -0.39 is 5.76 Å². The van der Waals surface area contributed by atoms with Gasteiger partial charge in [0.2, 0.25) is 5.91 Å². The lowest BCUT2D eigenvalue weighted by Gasteiger charge is -2.12. The van der Waals surface area contributed by atoms with E-state index in [-0.39, 0.29) is 18.4 Å². The molecule has 3 aromatic rings. The van der Waals surface area contributed by atoms with Crippen LogP contribution in [0.15, 0.2) is 83.8 Å². The molecule has 0 bridgehead atoms. The lowest BCUT2D eigenvalue weighted by Crippen LogP contribution is -2.23. The average molecular weight is 427 g/mol. The van der Waals surface area contributed by atoms with Crippen LogP contribution in [0.3, 0.4) is 0 Å². The number of halogens is 2. The molecule has 30 heavy (non-hydrogen) atoms. The minimum Gasteiger partial charge on any atom is -0.376 e. The third-order valence-electron chi connectivity index (χ3n) is 4.01. The van der Waals surface area contributed by atoms with Crippen LogP contribution < -0.4 is 16.0 Å². The summed E-state index contributed by atoms with van der Waals surface area (Å²) in [4.78, 5) is 25.3. The van der Waals surface area contributed by atoms with Gasteiger partial charge in [-0.1, -0.05) is 42.1 Å². The number of alkyl halides is 2. The summed E-state index contributed by atoms with van der Waals surface area (Å²) in [5.41, 5.74) is 2.00. The molecule has 0 fully saturated rings. The molecule has 0 saturated heterocycles. The maximum Gasteiger partial charge on any atom is 0.288 e. The molecule has 8 heteroatoms. The largest absolute Gasteiger partial charge is 0.376 e. The van der Waals surface area contributed by atoms with E-state index in [1.807, 2.05) is 18.2 Å². The fourth-order valence-corrected chi connectivity index (χ4v) is 3.14. The first-order chi connectivity index (χ1) is 14.5. The molecule has 5 nitrogen and oxygen atoms in total. The summed E-state index contributed by atoms with van der Waals surface area (Å²) in [6.45, 7) is -0.0457. The van der Waals surface area contributed by atoms with Crippen molar-refractivity contribution < 1.29 is 18.4 Å². The van der Waals surface area contributed by atoms with Crippen LogP contribution in [0.5, 0.6) is 0 Å². The van der Waals surface area contributed by atoms with Crippen LogP contribution in [0, 0.1) is 0 Å². The van der Waals surface area contributed by atoms with Gasteiger partial charge in [-0.05, 0) is 48.5 Å². The third kappa shape index (κ3) is 6.31. The van der Waals surface area contributed by atoms with Crippen molar-refractivity contribution >= 4 is 40.6 Å². The molecule has 0 aromatic heterocycles. The van der Waals surface area contributed by atoms with Crippen molar-refractivity contribution in [2.45, 2.75) is 10.7 Å². The van der Waals surface area contributed by atoms with Crippen molar-refractivity contribution in [1.29, 1.82) is 0 Å². The zero-order valence-electron chi connectivity index (χ0n) is 15.8. The number of nitrogens with one attached hydrogen (secondary N) is 3. The van der Waals surface area contributed by atoms with Crippen LogP contribution in [0.25, 0.3) is 0 Å². The normalized spacial score (nSPS) is 10.5. The number of para-hydroxylation sites is 2. The monoisotopic (exact) mass is 427 g/mol. The van der Waals surface area contributed by atoms with Crippen LogP contribution in [-0.4, -0.2) is 24.1 Å². The summed E-state index contributed by atoms with van der Waals surface area (Å²) in [7, 11) is 0. The predicted octanol–water partition coefficient (Wildman–Crippen LogP) is 5.30. The second-order valence-electron chi connectivity index (χ2n) is 6.17. The van der Waals surface area contributed by atoms with Gasteiger partial charge in [-0.15, -0.1) is 0 Å². The minimum atomic E-state index is -2.48. The fraction of sp³-hybridized carbons (Fsp3) is 0.0909. The fourth-order valence-electron chi connectivity index (χ4n) is 2.64. The highest BCUT2D eigenvalue weighted by Gasteiger charge is 2.13. The van der Waals surface area contributed by atoms with Crippen molar-refractivity contribution in [1.82, 2.24) is 0 Å². The Morgan fingerprint density at radius 3 is 2.17 bits per heavy atom. The van der Waals surface area contributed by atoms with E-state index in [0.717, 1.165) is 0 Å². The van der Waals surface area contributed by atoms with E-state index in [9.17, 15) is 18.4 Å². The summed E-state index contributed by atoms with van der Waals surface area (Å²) in [5, 5.41) is 8.43. The van der Waals surface area contributed by atoms with E-state index in [4.69, 9.17) is 0 Å². The molecule has 0 aliphatic heterocycles. The number of carbonyl (C=O) groups is 2. The summed E-state index contributed by atoms with van der Waals surface area (Å²) in [5.74, 6) is -3.16. The first kappa shape index (κ1) is 21.3. The molecule has 2 amide bonds. The first-order valence-corrected chi connectivity index (χ1v) is 9.93. The zero-order chi connectivity index (χ0) is 21.3. The molecular formula is C22H19F2N3O2S. The number of benzene rings is 3. The maximum absolute atomic E-state index is 12.6. The highest BCUT2D eigenvalue weighted by molar-refractivity contribution is 7.99. The van der Waals surface area contributed by atoms with Crippen LogP contribution in [0.4, 0.5) is 25.8 Å². The van der Waals surface area contributed by atoms with Crippen LogP contribution in [0.2, 0.25) is 0 Å². The summed E-state index contributed by atoms with van der Waals surface area (Å²) < 4.78 is 24.7. The Kier molecular flexibility index (Phi) is 7.40. The maximum atomic E-state index is 12.6. The molecule has 3 N–H and O–H groups in total. The van der Waals surface area contributed by atoms with E-state index >= 15 is 0 Å². The SMILES string of the molecule is O=C(CNc1ccc(SC(F)F)cc1)Nc1ccccc1C(=O)Nc1ccccc1. The van der Waals surface area contributed by atoms with Crippen molar-refractivity contribution in [2.75, 3.05) is 22.5 Å². The predicted molar refractivity (Wildman–Crippen MR) is 116 cm³/mol. The van der Waals surface area contributed by atoms with Crippen LogP contribution in [0.1, 0.15) is 10.4 Å². The highest BCUT2D eigenvalue weighted by Crippen LogP contribution is 2.26. The van der Waals surface area contributed by atoms with Gasteiger partial charge in [0.25, 0.3) is 11.7 Å². The van der Waals surface area contributed by atoms with E-state index in [1.54, 1.807) is 60.7 Å². The zero-order valence-corrected chi connectivity index (χ0v) is 16.6. The Labute approximate surface area is 176 Å². The van der Waals surface area contributed by atoms with E-state index in [2.05, 4.69) is 16.0 Å². The number of thioether (sulfide) groups is 1. The third-order valence-corrected chi connectivity index (χ3v) is 4.73. The molecule has 0 aliphatic rings. The lowest BCUT2D eigenvalue weighted by atomic mass is 10.1. The van der Waals surface area contributed by atoms with Gasteiger partial charge in [-0.2, -0.15) is 8.78 Å². The van der Waals surface area contributed by atoms with Crippen molar-refractivity contribution in [2.24, 2.45) is 0 Å². The Balaban J connectivity index is 1.58. The molecule has 154 valence electrons. The van der Waals surface area contributed by atoms with E-state index in [0.29, 0.717) is 39.3 Å². The molecule has 0 radical (unpaired) electrons. The van der Waals surface area contributed by atoms with Gasteiger partial charge in [0, 0.05) is 16.3 Å². The Bertz CT molecular complexity index is 999. The van der Waals surface area contributed by atoms with Crippen molar-refractivity contribution in [3.05, 3.63) is 84.4 Å². The van der Waals surface area contributed by atoms with Gasteiger partial charge < -0.3 is 16.0 Å². The Morgan fingerprint density at radius 2 is 1.47 bits per heavy atom. The molecule has 3 aromatic carbocycles. The number of rotatable bonds is 8. The van der Waals surface area contributed by atoms with Gasteiger partial charge in [-0.3, -0.25) is 9.59 Å². The number of anilines is 3. The van der Waals surface area contributed by atoms with Gasteiger partial charge in [0.05, 0.1) is 17.8 Å². The summed E-state index contributed by atoms with van der Waals surface area (Å²) >= 11 is 0.460. The quantitative estimate of drug-likeness (QED) is 0.427. The number of hydrogen-bond donors (Lipinski definition) is 3. The highest BCUT2D eigenvalue weighted by atomic mass is 32.2. The second kappa shape index (κ2) is 10.4. The summed E-state index contributed by atoms with van der Waals surface area (Å²) in [6.07, 6.45) is 0. The minimum absolute atomic E-state index is 0.0457. The molecule has 0 aliphatic carbocycles. The van der Waals surface area contributed by atoms with Gasteiger partial charge in [0.15, 0.2) is 0 Å². The Hall–Kier alpha value is -3.39. The molecule has 3 rings (SSSR count). The van der Waals surface area contributed by atoms with Crippen LogP contribution in [-0.2, 0) is 4.79 Å². The van der Waals surface area contributed by atoms with Crippen molar-refractivity contribution in [3.63, 3.8) is 0 Å². The number of hydrogen-bond acceptors (Lipinski definition) is 4. The molecule has 0 heterocycles.